The van der Waals surface area contributed by atoms with Crippen molar-refractivity contribution >= 4 is 11.8 Å². The zero-order valence-corrected chi connectivity index (χ0v) is 11.6. The maximum absolute atomic E-state index is 9.29. The van der Waals surface area contributed by atoms with Crippen LogP contribution in [0.2, 0.25) is 0 Å². The Balaban J connectivity index is 2.01. The van der Waals surface area contributed by atoms with Gasteiger partial charge in [-0.05, 0) is 49.1 Å². The lowest BCUT2D eigenvalue weighted by Crippen LogP contribution is -2.07. The van der Waals surface area contributed by atoms with Crippen LogP contribution in [0.3, 0.4) is 0 Å². The molecule has 4 nitrogen and oxygen atoms in total. The Bertz CT molecular complexity index is 654. The third-order valence-corrected chi connectivity index (χ3v) is 4.43. The molecule has 2 aromatic heterocycles. The molecule has 0 aliphatic heterocycles. The summed E-state index contributed by atoms with van der Waals surface area (Å²) in [6.07, 6.45) is 8.11. The molecule has 0 unspecified atom stereocenters. The SMILES string of the molecule is Cn1ccnc1Sc1nc2c(cc1C#N)CCCC2. The van der Waals surface area contributed by atoms with Crippen molar-refractivity contribution < 1.29 is 0 Å². The number of aryl methyl sites for hydroxylation is 3. The highest BCUT2D eigenvalue weighted by atomic mass is 32.2. The third kappa shape index (κ3) is 2.36. The minimum atomic E-state index is 0.661. The number of pyridine rings is 1. The van der Waals surface area contributed by atoms with Crippen LogP contribution >= 0.6 is 11.8 Å². The van der Waals surface area contributed by atoms with Crippen molar-refractivity contribution in [3.05, 3.63) is 35.3 Å². The molecule has 0 radical (unpaired) electrons. The maximum atomic E-state index is 9.29. The molecule has 0 aromatic carbocycles. The molecule has 1 aliphatic carbocycles. The van der Waals surface area contributed by atoms with Gasteiger partial charge in [-0.2, -0.15) is 5.26 Å². The first-order valence-corrected chi connectivity index (χ1v) is 7.17. The third-order valence-electron chi connectivity index (χ3n) is 3.35. The van der Waals surface area contributed by atoms with Gasteiger partial charge < -0.3 is 4.57 Å². The van der Waals surface area contributed by atoms with Crippen molar-refractivity contribution in [2.75, 3.05) is 0 Å². The molecule has 0 N–H and O–H groups in total. The highest BCUT2D eigenvalue weighted by Gasteiger charge is 2.16. The number of imidazole rings is 1. The smallest absolute Gasteiger partial charge is 0.174 e. The van der Waals surface area contributed by atoms with Gasteiger partial charge in [0.1, 0.15) is 11.1 Å². The first-order valence-electron chi connectivity index (χ1n) is 6.36. The Morgan fingerprint density at radius 3 is 2.95 bits per heavy atom. The lowest BCUT2D eigenvalue weighted by atomic mass is 9.95. The molecule has 0 bridgehead atoms. The van der Waals surface area contributed by atoms with Gasteiger partial charge >= 0.3 is 0 Å². The van der Waals surface area contributed by atoms with Crippen LogP contribution in [0, 0.1) is 11.3 Å². The quantitative estimate of drug-likeness (QED) is 0.842. The van der Waals surface area contributed by atoms with Crippen LogP contribution in [0.4, 0.5) is 0 Å². The molecular formula is C14H14N4S. The Hall–Kier alpha value is -1.80. The zero-order valence-electron chi connectivity index (χ0n) is 10.8. The number of hydrogen-bond acceptors (Lipinski definition) is 4. The average molecular weight is 270 g/mol. The predicted molar refractivity (Wildman–Crippen MR) is 72.9 cm³/mol. The molecule has 96 valence electrons. The van der Waals surface area contributed by atoms with Crippen molar-refractivity contribution in [3.8, 4) is 6.07 Å². The molecule has 0 saturated heterocycles. The second-order valence-corrected chi connectivity index (χ2v) is 5.64. The van der Waals surface area contributed by atoms with Gasteiger partial charge in [0.05, 0.1) is 5.56 Å². The molecule has 2 aromatic rings. The monoisotopic (exact) mass is 270 g/mol. The standard InChI is InChI=1S/C14H14N4S/c1-18-7-6-16-14(18)19-13-11(9-15)8-10-4-2-3-5-12(10)17-13/h6-8H,2-5H2,1H3. The van der Waals surface area contributed by atoms with E-state index in [2.05, 4.69) is 16.0 Å². The van der Waals surface area contributed by atoms with Crippen LogP contribution < -0.4 is 0 Å². The van der Waals surface area contributed by atoms with Gasteiger partial charge in [-0.1, -0.05) is 0 Å². The van der Waals surface area contributed by atoms with E-state index >= 15 is 0 Å². The molecule has 19 heavy (non-hydrogen) atoms. The van der Waals surface area contributed by atoms with E-state index in [1.807, 2.05) is 23.9 Å². The zero-order chi connectivity index (χ0) is 13.2. The summed E-state index contributed by atoms with van der Waals surface area (Å²) in [7, 11) is 1.94. The van der Waals surface area contributed by atoms with Crippen molar-refractivity contribution in [2.24, 2.45) is 7.05 Å². The van der Waals surface area contributed by atoms with E-state index in [-0.39, 0.29) is 0 Å². The number of rotatable bonds is 2. The van der Waals surface area contributed by atoms with Gasteiger partial charge in [-0.15, -0.1) is 0 Å². The highest BCUT2D eigenvalue weighted by Crippen LogP contribution is 2.30. The Morgan fingerprint density at radius 1 is 1.37 bits per heavy atom. The van der Waals surface area contributed by atoms with Crippen molar-refractivity contribution in [1.82, 2.24) is 14.5 Å². The first kappa shape index (κ1) is 12.2. The minimum Gasteiger partial charge on any atom is -0.329 e. The second kappa shape index (κ2) is 5.06. The Morgan fingerprint density at radius 2 is 2.21 bits per heavy atom. The lowest BCUT2D eigenvalue weighted by Gasteiger charge is -2.16. The second-order valence-electron chi connectivity index (χ2n) is 4.69. The van der Waals surface area contributed by atoms with Crippen LogP contribution in [-0.2, 0) is 19.9 Å². The van der Waals surface area contributed by atoms with Gasteiger partial charge in [-0.25, -0.2) is 9.97 Å². The van der Waals surface area contributed by atoms with Crippen LogP contribution in [0.15, 0.2) is 28.6 Å². The molecule has 3 rings (SSSR count). The fraction of sp³-hybridized carbons (Fsp3) is 0.357. The summed E-state index contributed by atoms with van der Waals surface area (Å²) in [5.74, 6) is 0. The summed E-state index contributed by atoms with van der Waals surface area (Å²) in [5, 5.41) is 10.9. The first-order chi connectivity index (χ1) is 9.28. The van der Waals surface area contributed by atoms with E-state index in [0.717, 1.165) is 28.7 Å². The Kier molecular flexibility index (Phi) is 3.26. The van der Waals surface area contributed by atoms with Gasteiger partial charge in [0.25, 0.3) is 0 Å². The van der Waals surface area contributed by atoms with E-state index in [9.17, 15) is 5.26 Å². The fourth-order valence-corrected chi connectivity index (χ4v) is 3.17. The van der Waals surface area contributed by atoms with Gasteiger partial charge in [-0.3, -0.25) is 0 Å². The van der Waals surface area contributed by atoms with Crippen molar-refractivity contribution in [3.63, 3.8) is 0 Å². The average Bonchev–Trinajstić information content (AvgIpc) is 2.83. The van der Waals surface area contributed by atoms with E-state index < -0.39 is 0 Å². The molecule has 0 saturated carbocycles. The normalized spacial score (nSPS) is 13.9. The fourth-order valence-electron chi connectivity index (χ4n) is 2.31. The number of aromatic nitrogens is 3. The number of hydrogen-bond donors (Lipinski definition) is 0. The van der Waals surface area contributed by atoms with Gasteiger partial charge in [0.15, 0.2) is 5.16 Å². The highest BCUT2D eigenvalue weighted by molar-refractivity contribution is 7.99. The molecule has 0 atom stereocenters. The number of nitriles is 1. The molecule has 0 amide bonds. The molecule has 5 heteroatoms. The molecule has 0 fully saturated rings. The summed E-state index contributed by atoms with van der Waals surface area (Å²) in [6, 6.07) is 4.26. The number of fused-ring (bicyclic) bond motifs is 1. The Labute approximate surface area is 116 Å². The summed E-state index contributed by atoms with van der Waals surface area (Å²) in [4.78, 5) is 8.96. The molecular weight excluding hydrogens is 256 g/mol. The van der Waals surface area contributed by atoms with Gasteiger partial charge in [0.2, 0.25) is 0 Å². The minimum absolute atomic E-state index is 0.661. The van der Waals surface area contributed by atoms with Crippen molar-refractivity contribution in [2.45, 2.75) is 35.9 Å². The summed E-state index contributed by atoms with van der Waals surface area (Å²) in [6.45, 7) is 0. The molecule has 1 aliphatic rings. The van der Waals surface area contributed by atoms with E-state index in [4.69, 9.17) is 0 Å². The van der Waals surface area contributed by atoms with E-state index in [1.165, 1.54) is 30.2 Å². The molecule has 0 spiro atoms. The maximum Gasteiger partial charge on any atom is 0.174 e. The topological polar surface area (TPSA) is 54.5 Å². The summed E-state index contributed by atoms with van der Waals surface area (Å²) >= 11 is 1.46. The van der Waals surface area contributed by atoms with Crippen LogP contribution in [0.1, 0.15) is 29.7 Å². The largest absolute Gasteiger partial charge is 0.329 e. The summed E-state index contributed by atoms with van der Waals surface area (Å²) in [5.41, 5.74) is 3.06. The van der Waals surface area contributed by atoms with Crippen LogP contribution in [-0.4, -0.2) is 14.5 Å². The van der Waals surface area contributed by atoms with Crippen LogP contribution in [0.5, 0.6) is 0 Å². The number of nitrogens with zero attached hydrogens (tertiary/aromatic N) is 4. The van der Waals surface area contributed by atoms with Gasteiger partial charge in [0, 0.05) is 25.1 Å². The van der Waals surface area contributed by atoms with E-state index in [0.29, 0.717) is 5.56 Å². The molecule has 2 heterocycles. The van der Waals surface area contributed by atoms with Crippen LogP contribution in [0.25, 0.3) is 0 Å². The predicted octanol–water partition coefficient (Wildman–Crippen LogP) is 2.72. The van der Waals surface area contributed by atoms with E-state index in [1.54, 1.807) is 6.20 Å². The summed E-state index contributed by atoms with van der Waals surface area (Å²) < 4.78 is 1.94. The lowest BCUT2D eigenvalue weighted by molar-refractivity contribution is 0.659. The van der Waals surface area contributed by atoms with Crippen molar-refractivity contribution in [1.29, 1.82) is 5.26 Å².